The summed E-state index contributed by atoms with van der Waals surface area (Å²) in [6.07, 6.45) is 0.361. The van der Waals surface area contributed by atoms with Crippen LogP contribution in [-0.2, 0) is 14.8 Å². The Morgan fingerprint density at radius 2 is 2.26 bits per heavy atom. The lowest BCUT2D eigenvalue weighted by Gasteiger charge is -2.20. The summed E-state index contributed by atoms with van der Waals surface area (Å²) in [6.45, 7) is 0.310. The molecule has 0 aromatic heterocycles. The van der Waals surface area contributed by atoms with Gasteiger partial charge in [-0.1, -0.05) is 11.6 Å². The third-order valence-corrected chi connectivity index (χ3v) is 4.56. The highest BCUT2D eigenvalue weighted by molar-refractivity contribution is 7.89. The number of nitrogens with one attached hydrogen (secondary N) is 1. The summed E-state index contributed by atoms with van der Waals surface area (Å²) >= 11 is 5.54. The zero-order valence-corrected chi connectivity index (χ0v) is 11.5. The van der Waals surface area contributed by atoms with Crippen molar-refractivity contribution >= 4 is 21.6 Å². The maximum Gasteiger partial charge on any atom is 0.240 e. The highest BCUT2D eigenvalue weighted by Gasteiger charge is 2.33. The molecule has 106 valence electrons. The molecule has 5 nitrogen and oxygen atoms in total. The van der Waals surface area contributed by atoms with Crippen molar-refractivity contribution in [3.8, 4) is 0 Å². The van der Waals surface area contributed by atoms with E-state index < -0.39 is 21.4 Å². The highest BCUT2D eigenvalue weighted by atomic mass is 35.5. The molecule has 1 fully saturated rings. The third-order valence-electron chi connectivity index (χ3n) is 2.88. The van der Waals surface area contributed by atoms with Crippen molar-refractivity contribution in [2.45, 2.75) is 16.9 Å². The van der Waals surface area contributed by atoms with Crippen LogP contribution in [0.5, 0.6) is 0 Å². The molecular formula is C11H13ClFNO4S. The molecule has 1 aliphatic rings. The molecule has 1 heterocycles. The molecule has 1 saturated heterocycles. The van der Waals surface area contributed by atoms with Gasteiger partial charge in [-0.25, -0.2) is 17.5 Å². The predicted octanol–water partition coefficient (Wildman–Crippen LogP) is 0.909. The van der Waals surface area contributed by atoms with Crippen molar-refractivity contribution in [3.05, 3.63) is 29.0 Å². The van der Waals surface area contributed by atoms with Gasteiger partial charge in [0.25, 0.3) is 0 Å². The lowest BCUT2D eigenvalue weighted by atomic mass is 10.1. The van der Waals surface area contributed by atoms with Crippen molar-refractivity contribution in [2.75, 3.05) is 19.8 Å². The maximum atomic E-state index is 13.0. The molecule has 0 saturated carbocycles. The van der Waals surface area contributed by atoms with E-state index in [1.807, 2.05) is 0 Å². The summed E-state index contributed by atoms with van der Waals surface area (Å²) in [5.74, 6) is -0.691. The third kappa shape index (κ3) is 3.43. The molecule has 19 heavy (non-hydrogen) atoms. The fraction of sp³-hybridized carbons (Fsp3) is 0.455. The monoisotopic (exact) mass is 309 g/mol. The number of benzene rings is 1. The second-order valence-electron chi connectivity index (χ2n) is 4.43. The Balaban J connectivity index is 2.11. The predicted molar refractivity (Wildman–Crippen MR) is 67.0 cm³/mol. The van der Waals surface area contributed by atoms with Crippen LogP contribution in [0.3, 0.4) is 0 Å². The molecule has 1 aromatic rings. The minimum atomic E-state index is -3.84. The minimum absolute atomic E-state index is 0.0830. The van der Waals surface area contributed by atoms with Crippen LogP contribution in [0.15, 0.2) is 23.1 Å². The SMILES string of the molecule is O=S(=O)(NC[C@]1(O)CCOC1)c1ccc(F)c(Cl)c1. The first-order chi connectivity index (χ1) is 8.82. The second kappa shape index (κ2) is 5.34. The molecular weight excluding hydrogens is 297 g/mol. The molecule has 1 aromatic carbocycles. The molecule has 0 unspecified atom stereocenters. The topological polar surface area (TPSA) is 75.6 Å². The normalized spacial score (nSPS) is 23.7. The Bertz CT molecular complexity index is 572. The minimum Gasteiger partial charge on any atom is -0.386 e. The summed E-state index contributed by atoms with van der Waals surface area (Å²) in [5, 5.41) is 9.69. The van der Waals surface area contributed by atoms with Gasteiger partial charge in [-0.15, -0.1) is 0 Å². The van der Waals surface area contributed by atoms with E-state index in [2.05, 4.69) is 4.72 Å². The number of rotatable bonds is 4. The first kappa shape index (κ1) is 14.7. The molecule has 0 spiro atoms. The van der Waals surface area contributed by atoms with Gasteiger partial charge in [-0.3, -0.25) is 0 Å². The Morgan fingerprint density at radius 1 is 1.53 bits per heavy atom. The number of aliphatic hydroxyl groups is 1. The first-order valence-electron chi connectivity index (χ1n) is 5.57. The average Bonchev–Trinajstić information content (AvgIpc) is 2.78. The average molecular weight is 310 g/mol. The van der Waals surface area contributed by atoms with Crippen LogP contribution < -0.4 is 4.72 Å². The number of ether oxygens (including phenoxy) is 1. The molecule has 2 N–H and O–H groups in total. The van der Waals surface area contributed by atoms with Crippen LogP contribution in [0.4, 0.5) is 4.39 Å². The van der Waals surface area contributed by atoms with Crippen LogP contribution in [0.25, 0.3) is 0 Å². The van der Waals surface area contributed by atoms with Gasteiger partial charge >= 0.3 is 0 Å². The molecule has 8 heteroatoms. The summed E-state index contributed by atoms with van der Waals surface area (Å²) in [6, 6.07) is 3.11. The van der Waals surface area contributed by atoms with E-state index in [-0.39, 0.29) is 23.1 Å². The summed E-state index contributed by atoms with van der Waals surface area (Å²) in [5.41, 5.74) is -1.20. The molecule has 0 aliphatic carbocycles. The number of halogens is 2. The van der Waals surface area contributed by atoms with Gasteiger partial charge in [-0.2, -0.15) is 0 Å². The summed E-state index contributed by atoms with van der Waals surface area (Å²) in [4.78, 5) is -0.151. The Labute approximate surface area is 115 Å². The van der Waals surface area contributed by atoms with Crippen molar-refractivity contribution in [3.63, 3.8) is 0 Å². The number of hydrogen-bond donors (Lipinski definition) is 2. The Morgan fingerprint density at radius 3 is 2.84 bits per heavy atom. The first-order valence-corrected chi connectivity index (χ1v) is 7.43. The van der Waals surface area contributed by atoms with Gasteiger partial charge in [-0.05, 0) is 18.2 Å². The lowest BCUT2D eigenvalue weighted by molar-refractivity contribution is 0.0314. The summed E-state index contributed by atoms with van der Waals surface area (Å²) < 4.78 is 44.2. The van der Waals surface area contributed by atoms with E-state index in [0.29, 0.717) is 13.0 Å². The molecule has 1 aliphatic heterocycles. The van der Waals surface area contributed by atoms with E-state index in [9.17, 15) is 17.9 Å². The zero-order valence-electron chi connectivity index (χ0n) is 9.90. The van der Waals surface area contributed by atoms with E-state index in [1.165, 1.54) is 0 Å². The van der Waals surface area contributed by atoms with E-state index >= 15 is 0 Å². The largest absolute Gasteiger partial charge is 0.386 e. The van der Waals surface area contributed by atoms with Gasteiger partial charge in [0, 0.05) is 19.6 Å². The maximum absolute atomic E-state index is 13.0. The molecule has 2 rings (SSSR count). The van der Waals surface area contributed by atoms with Crippen molar-refractivity contribution in [1.82, 2.24) is 4.72 Å². The van der Waals surface area contributed by atoms with Gasteiger partial charge in [0.05, 0.1) is 16.5 Å². The van der Waals surface area contributed by atoms with Crippen LogP contribution in [-0.4, -0.2) is 38.9 Å². The van der Waals surface area contributed by atoms with Crippen LogP contribution in [0.1, 0.15) is 6.42 Å². The van der Waals surface area contributed by atoms with Crippen molar-refractivity contribution in [2.24, 2.45) is 0 Å². The van der Waals surface area contributed by atoms with Gasteiger partial charge in [0.15, 0.2) is 0 Å². The van der Waals surface area contributed by atoms with Gasteiger partial charge in [0.2, 0.25) is 10.0 Å². The fourth-order valence-corrected chi connectivity index (χ4v) is 3.08. The molecule has 0 bridgehead atoms. The number of hydrogen-bond acceptors (Lipinski definition) is 4. The quantitative estimate of drug-likeness (QED) is 0.867. The summed E-state index contributed by atoms with van der Waals surface area (Å²) in [7, 11) is -3.84. The van der Waals surface area contributed by atoms with Gasteiger partial charge < -0.3 is 9.84 Å². The van der Waals surface area contributed by atoms with E-state index in [0.717, 1.165) is 18.2 Å². The molecule has 1 atom stereocenters. The standard InChI is InChI=1S/C11H13ClFNO4S/c12-9-5-8(1-2-10(9)13)19(16,17)14-6-11(15)3-4-18-7-11/h1-2,5,14-15H,3-4,6-7H2/t11-/m1/s1. The molecule has 0 radical (unpaired) electrons. The van der Waals surface area contributed by atoms with Gasteiger partial charge in [0.1, 0.15) is 11.4 Å². The zero-order chi connectivity index (χ0) is 14.1. The van der Waals surface area contributed by atoms with E-state index in [1.54, 1.807) is 0 Å². The van der Waals surface area contributed by atoms with Crippen LogP contribution in [0.2, 0.25) is 5.02 Å². The van der Waals surface area contributed by atoms with Crippen molar-refractivity contribution in [1.29, 1.82) is 0 Å². The highest BCUT2D eigenvalue weighted by Crippen LogP contribution is 2.21. The fourth-order valence-electron chi connectivity index (χ4n) is 1.69. The Hall–Kier alpha value is -0.730. The molecule has 0 amide bonds. The van der Waals surface area contributed by atoms with Crippen molar-refractivity contribution < 1.29 is 22.7 Å². The number of sulfonamides is 1. The van der Waals surface area contributed by atoms with E-state index in [4.69, 9.17) is 16.3 Å². The Kier molecular flexibility index (Phi) is 4.12. The lowest BCUT2D eigenvalue weighted by Crippen LogP contribution is -2.43. The van der Waals surface area contributed by atoms with Crippen LogP contribution >= 0.6 is 11.6 Å². The smallest absolute Gasteiger partial charge is 0.240 e. The second-order valence-corrected chi connectivity index (χ2v) is 6.60. The van der Waals surface area contributed by atoms with Crippen LogP contribution in [0, 0.1) is 5.82 Å².